The van der Waals surface area contributed by atoms with Gasteiger partial charge in [0.05, 0.1) is 35.7 Å². The van der Waals surface area contributed by atoms with Crippen LogP contribution in [0.2, 0.25) is 0 Å². The first-order chi connectivity index (χ1) is 14.7. The Morgan fingerprint density at radius 2 is 1.97 bits per heavy atom. The van der Waals surface area contributed by atoms with Crippen LogP contribution in [0.1, 0.15) is 24.4 Å². The quantitative estimate of drug-likeness (QED) is 0.508. The zero-order valence-electron chi connectivity index (χ0n) is 16.7. The molecule has 1 N–H and O–H groups in total. The van der Waals surface area contributed by atoms with Gasteiger partial charge in [0.1, 0.15) is 16.6 Å². The summed E-state index contributed by atoms with van der Waals surface area (Å²) >= 11 is 1.56. The van der Waals surface area contributed by atoms with Crippen LogP contribution in [0, 0.1) is 0 Å². The lowest BCUT2D eigenvalue weighted by molar-refractivity contribution is -0.135. The molecule has 0 atom stereocenters. The molecule has 1 aliphatic rings. The number of nitrogens with zero attached hydrogens (tertiary/aromatic N) is 3. The summed E-state index contributed by atoms with van der Waals surface area (Å²) in [5, 5.41) is 2.89. The molecule has 1 amide bonds. The number of nitrogens with one attached hydrogen (secondary N) is 1. The van der Waals surface area contributed by atoms with Crippen molar-refractivity contribution in [3.63, 3.8) is 0 Å². The van der Waals surface area contributed by atoms with E-state index in [1.54, 1.807) is 11.3 Å². The molecule has 0 saturated carbocycles. The average molecular weight is 419 g/mol. The van der Waals surface area contributed by atoms with Crippen molar-refractivity contribution in [2.24, 2.45) is 0 Å². The molecule has 152 valence electrons. The summed E-state index contributed by atoms with van der Waals surface area (Å²) < 4.78 is 5.48. The normalized spacial score (nSPS) is 14.1. The topological polar surface area (TPSA) is 71.1 Å². The van der Waals surface area contributed by atoms with Gasteiger partial charge in [0, 0.05) is 24.0 Å². The molecule has 4 aromatic rings. The van der Waals surface area contributed by atoms with Crippen molar-refractivity contribution in [1.82, 2.24) is 19.9 Å². The van der Waals surface area contributed by atoms with Crippen molar-refractivity contribution >= 4 is 28.3 Å². The number of aromatic amines is 1. The number of fused-ring (bicyclic) bond motifs is 1. The summed E-state index contributed by atoms with van der Waals surface area (Å²) in [4.78, 5) is 27.2. The Labute approximate surface area is 178 Å². The van der Waals surface area contributed by atoms with E-state index >= 15 is 0 Å². The highest BCUT2D eigenvalue weighted by atomic mass is 32.1. The summed E-state index contributed by atoms with van der Waals surface area (Å²) in [6.07, 6.45) is 0.334. The third kappa shape index (κ3) is 3.68. The average Bonchev–Trinajstić information content (AvgIpc) is 3.34. The standard InChI is InChI=1S/C23H22N4O2S/c1-2-29-18-9-7-15(8-10-18)23-24-17(14-30-23)11-21(28)27-12-16(13-27)22-25-19-5-3-4-6-20(19)26-22/h3-10,14,16H,2,11-13H2,1H3,(H,25,26). The van der Waals surface area contributed by atoms with Crippen molar-refractivity contribution < 1.29 is 9.53 Å². The van der Waals surface area contributed by atoms with Gasteiger partial charge in [0.2, 0.25) is 5.91 Å². The van der Waals surface area contributed by atoms with Crippen molar-refractivity contribution in [1.29, 1.82) is 0 Å². The molecule has 2 aromatic carbocycles. The summed E-state index contributed by atoms with van der Waals surface area (Å²) in [5.41, 5.74) is 3.88. The number of benzene rings is 2. The molecule has 1 aliphatic heterocycles. The number of aromatic nitrogens is 3. The second-order valence-electron chi connectivity index (χ2n) is 7.41. The highest BCUT2D eigenvalue weighted by molar-refractivity contribution is 7.13. The fourth-order valence-corrected chi connectivity index (χ4v) is 4.49. The van der Waals surface area contributed by atoms with Crippen molar-refractivity contribution in [3.05, 3.63) is 65.4 Å². The van der Waals surface area contributed by atoms with E-state index < -0.39 is 0 Å². The summed E-state index contributed by atoms with van der Waals surface area (Å²) in [5.74, 6) is 2.21. The molecule has 30 heavy (non-hydrogen) atoms. The number of ether oxygens (including phenoxy) is 1. The van der Waals surface area contributed by atoms with Gasteiger partial charge in [-0.3, -0.25) is 4.79 Å². The van der Waals surface area contributed by atoms with Crippen LogP contribution in [0.25, 0.3) is 21.6 Å². The van der Waals surface area contributed by atoms with Gasteiger partial charge < -0.3 is 14.6 Å². The monoisotopic (exact) mass is 418 g/mol. The lowest BCUT2D eigenvalue weighted by Gasteiger charge is -2.38. The van der Waals surface area contributed by atoms with Crippen molar-refractivity contribution in [2.75, 3.05) is 19.7 Å². The van der Waals surface area contributed by atoms with E-state index in [9.17, 15) is 4.79 Å². The molecule has 2 aromatic heterocycles. The van der Waals surface area contributed by atoms with Gasteiger partial charge in [0.25, 0.3) is 0 Å². The number of carbonyl (C=O) groups excluding carboxylic acids is 1. The minimum atomic E-state index is 0.117. The van der Waals surface area contributed by atoms with Crippen molar-refractivity contribution in [2.45, 2.75) is 19.3 Å². The van der Waals surface area contributed by atoms with Crippen molar-refractivity contribution in [3.8, 4) is 16.3 Å². The first-order valence-electron chi connectivity index (χ1n) is 10.1. The highest BCUT2D eigenvalue weighted by Crippen LogP contribution is 2.29. The molecule has 1 fully saturated rings. The number of thiazole rings is 1. The summed E-state index contributed by atoms with van der Waals surface area (Å²) in [6.45, 7) is 4.02. The van der Waals surface area contributed by atoms with Gasteiger partial charge in [-0.1, -0.05) is 12.1 Å². The number of imidazole rings is 1. The SMILES string of the molecule is CCOc1ccc(-c2nc(CC(=O)N3CC(c4nc5ccccc5[nH]4)C3)cs2)cc1. The third-order valence-electron chi connectivity index (χ3n) is 5.33. The number of amides is 1. The molecule has 6 nitrogen and oxygen atoms in total. The minimum Gasteiger partial charge on any atom is -0.494 e. The first kappa shape index (κ1) is 18.8. The number of carbonyl (C=O) groups is 1. The van der Waals surface area contributed by atoms with Crippen LogP contribution in [0.15, 0.2) is 53.9 Å². The van der Waals surface area contributed by atoms with Crippen LogP contribution >= 0.6 is 11.3 Å². The van der Waals surface area contributed by atoms with E-state index in [1.807, 2.05) is 65.7 Å². The zero-order valence-corrected chi connectivity index (χ0v) is 17.5. The maximum atomic E-state index is 12.6. The fraction of sp³-hybridized carbons (Fsp3) is 0.261. The molecule has 0 spiro atoms. The Kier molecular flexibility index (Phi) is 4.96. The Morgan fingerprint density at radius 3 is 2.73 bits per heavy atom. The second-order valence-corrected chi connectivity index (χ2v) is 8.27. The van der Waals surface area contributed by atoms with Gasteiger partial charge in [-0.2, -0.15) is 0 Å². The highest BCUT2D eigenvalue weighted by Gasteiger charge is 2.33. The van der Waals surface area contributed by atoms with Gasteiger partial charge in [-0.05, 0) is 43.3 Å². The summed E-state index contributed by atoms with van der Waals surface area (Å²) in [6, 6.07) is 15.9. The number of rotatable bonds is 6. The Morgan fingerprint density at radius 1 is 1.17 bits per heavy atom. The number of hydrogen-bond donors (Lipinski definition) is 1. The van der Waals surface area contributed by atoms with E-state index in [-0.39, 0.29) is 11.8 Å². The predicted molar refractivity (Wildman–Crippen MR) is 118 cm³/mol. The number of likely N-dealkylation sites (tertiary alicyclic amines) is 1. The molecule has 1 saturated heterocycles. The Balaban J connectivity index is 1.18. The molecular formula is C23H22N4O2S. The van der Waals surface area contributed by atoms with Crippen LogP contribution in [0.5, 0.6) is 5.75 Å². The molecule has 0 unspecified atom stereocenters. The Hall–Kier alpha value is -3.19. The van der Waals surface area contributed by atoms with Crippen LogP contribution < -0.4 is 4.74 Å². The minimum absolute atomic E-state index is 0.117. The maximum absolute atomic E-state index is 12.6. The van der Waals surface area contributed by atoms with E-state index in [1.165, 1.54) is 0 Å². The van der Waals surface area contributed by atoms with Crippen LogP contribution in [0.4, 0.5) is 0 Å². The number of para-hydroxylation sites is 2. The lowest BCUT2D eigenvalue weighted by atomic mass is 9.99. The zero-order chi connectivity index (χ0) is 20.5. The predicted octanol–water partition coefficient (Wildman–Crippen LogP) is 4.25. The Bertz CT molecular complexity index is 1140. The molecule has 7 heteroatoms. The molecule has 0 bridgehead atoms. The molecule has 0 aliphatic carbocycles. The first-order valence-corrected chi connectivity index (χ1v) is 11.0. The van der Waals surface area contributed by atoms with Crippen LogP contribution in [-0.4, -0.2) is 45.5 Å². The smallest absolute Gasteiger partial charge is 0.228 e. The number of H-pyrrole nitrogens is 1. The van der Waals surface area contributed by atoms with Crippen LogP contribution in [0.3, 0.4) is 0 Å². The third-order valence-corrected chi connectivity index (χ3v) is 6.27. The fourth-order valence-electron chi connectivity index (χ4n) is 3.67. The summed E-state index contributed by atoms with van der Waals surface area (Å²) in [7, 11) is 0. The van der Waals surface area contributed by atoms with Gasteiger partial charge >= 0.3 is 0 Å². The largest absolute Gasteiger partial charge is 0.494 e. The van der Waals surface area contributed by atoms with Gasteiger partial charge in [0.15, 0.2) is 0 Å². The lowest BCUT2D eigenvalue weighted by Crippen LogP contribution is -2.49. The van der Waals surface area contributed by atoms with Crippen LogP contribution in [-0.2, 0) is 11.2 Å². The van der Waals surface area contributed by atoms with E-state index in [4.69, 9.17) is 4.74 Å². The van der Waals surface area contributed by atoms with E-state index in [0.29, 0.717) is 26.1 Å². The van der Waals surface area contributed by atoms with Gasteiger partial charge in [-0.25, -0.2) is 9.97 Å². The molecule has 3 heterocycles. The molecular weight excluding hydrogens is 396 g/mol. The second kappa shape index (κ2) is 7.91. The number of hydrogen-bond acceptors (Lipinski definition) is 5. The van der Waals surface area contributed by atoms with Gasteiger partial charge in [-0.15, -0.1) is 11.3 Å². The van der Waals surface area contributed by atoms with E-state index in [2.05, 4.69) is 15.0 Å². The molecule has 0 radical (unpaired) electrons. The van der Waals surface area contributed by atoms with E-state index in [0.717, 1.165) is 38.9 Å². The molecule has 5 rings (SSSR count). The maximum Gasteiger partial charge on any atom is 0.228 e.